The summed E-state index contributed by atoms with van der Waals surface area (Å²) in [6, 6.07) is 6.61. The molecule has 0 amide bonds. The van der Waals surface area contributed by atoms with Crippen molar-refractivity contribution in [1.29, 1.82) is 0 Å². The van der Waals surface area contributed by atoms with Gasteiger partial charge in [-0.15, -0.1) is 0 Å². The Morgan fingerprint density at radius 1 is 1.35 bits per heavy atom. The van der Waals surface area contributed by atoms with E-state index in [1.807, 2.05) is 6.92 Å². The fourth-order valence-electron chi connectivity index (χ4n) is 1.15. The summed E-state index contributed by atoms with van der Waals surface area (Å²) in [7, 11) is -3.53. The van der Waals surface area contributed by atoms with Crippen LogP contribution >= 0.6 is 0 Å². The van der Waals surface area contributed by atoms with Gasteiger partial charge in [-0.1, -0.05) is 0 Å². The quantitative estimate of drug-likeness (QED) is 0.805. The first-order valence-corrected chi connectivity index (χ1v) is 6.89. The van der Waals surface area contributed by atoms with Crippen molar-refractivity contribution in [2.75, 3.05) is 17.9 Å². The number of hydrogen-bond acceptors (Lipinski definition) is 4. The molecule has 0 saturated heterocycles. The summed E-state index contributed by atoms with van der Waals surface area (Å²) in [5, 5.41) is 7.98. The van der Waals surface area contributed by atoms with Gasteiger partial charge in [-0.25, -0.2) is 8.42 Å². The molecule has 1 unspecified atom stereocenters. The SMILES string of the molecule is CCOc1ccc(NS(=O)(=O)C(C)CO)cc1. The van der Waals surface area contributed by atoms with Crippen LogP contribution in [0.1, 0.15) is 13.8 Å². The number of ether oxygens (including phenoxy) is 1. The molecule has 5 nitrogen and oxygen atoms in total. The summed E-state index contributed by atoms with van der Waals surface area (Å²) < 4.78 is 30.9. The van der Waals surface area contributed by atoms with Gasteiger partial charge in [-0.2, -0.15) is 0 Å². The van der Waals surface area contributed by atoms with Crippen LogP contribution < -0.4 is 9.46 Å². The van der Waals surface area contributed by atoms with Crippen molar-refractivity contribution >= 4 is 15.7 Å². The Hall–Kier alpha value is -1.27. The second-order valence-electron chi connectivity index (χ2n) is 3.60. The third-order valence-electron chi connectivity index (χ3n) is 2.21. The molecule has 0 radical (unpaired) electrons. The average Bonchev–Trinajstić information content (AvgIpc) is 2.30. The minimum absolute atomic E-state index is 0.410. The van der Waals surface area contributed by atoms with Crippen LogP contribution in [-0.4, -0.2) is 32.0 Å². The molecule has 96 valence electrons. The Bertz CT molecular complexity index is 441. The Labute approximate surface area is 101 Å². The molecule has 0 saturated carbocycles. The number of rotatable bonds is 6. The van der Waals surface area contributed by atoms with Crippen LogP contribution in [0.15, 0.2) is 24.3 Å². The third kappa shape index (κ3) is 3.90. The van der Waals surface area contributed by atoms with E-state index in [0.29, 0.717) is 18.0 Å². The fraction of sp³-hybridized carbons (Fsp3) is 0.455. The highest BCUT2D eigenvalue weighted by Gasteiger charge is 2.19. The summed E-state index contributed by atoms with van der Waals surface area (Å²) in [6.45, 7) is 3.47. The Kier molecular flexibility index (Phi) is 4.77. The van der Waals surface area contributed by atoms with E-state index in [2.05, 4.69) is 4.72 Å². The molecule has 6 heteroatoms. The van der Waals surface area contributed by atoms with Gasteiger partial charge in [0.15, 0.2) is 0 Å². The van der Waals surface area contributed by atoms with Crippen molar-refractivity contribution in [3.8, 4) is 5.75 Å². The van der Waals surface area contributed by atoms with E-state index in [4.69, 9.17) is 9.84 Å². The van der Waals surface area contributed by atoms with Crippen LogP contribution in [0.3, 0.4) is 0 Å². The molecule has 1 rings (SSSR count). The van der Waals surface area contributed by atoms with Gasteiger partial charge in [0.25, 0.3) is 0 Å². The van der Waals surface area contributed by atoms with Crippen LogP contribution in [0.5, 0.6) is 5.75 Å². The number of nitrogens with one attached hydrogen (secondary N) is 1. The maximum absolute atomic E-state index is 11.6. The molecule has 17 heavy (non-hydrogen) atoms. The van der Waals surface area contributed by atoms with Gasteiger partial charge < -0.3 is 9.84 Å². The highest BCUT2D eigenvalue weighted by molar-refractivity contribution is 7.93. The second kappa shape index (κ2) is 5.88. The average molecular weight is 259 g/mol. The van der Waals surface area contributed by atoms with Crippen LogP contribution in [0, 0.1) is 0 Å². The lowest BCUT2D eigenvalue weighted by molar-refractivity contribution is 0.296. The van der Waals surface area contributed by atoms with Crippen molar-refractivity contribution < 1.29 is 18.3 Å². The summed E-state index contributed by atoms with van der Waals surface area (Å²) >= 11 is 0. The number of hydrogen-bond donors (Lipinski definition) is 2. The van der Waals surface area contributed by atoms with Gasteiger partial charge in [-0.05, 0) is 38.1 Å². The van der Waals surface area contributed by atoms with Crippen LogP contribution in [-0.2, 0) is 10.0 Å². The van der Waals surface area contributed by atoms with Gasteiger partial charge in [0, 0.05) is 5.69 Å². The Morgan fingerprint density at radius 3 is 2.41 bits per heavy atom. The first-order chi connectivity index (χ1) is 7.99. The number of anilines is 1. The lowest BCUT2D eigenvalue weighted by atomic mass is 10.3. The summed E-state index contributed by atoms with van der Waals surface area (Å²) in [5.41, 5.74) is 0.453. The molecule has 2 N–H and O–H groups in total. The molecule has 0 fully saturated rings. The van der Waals surface area contributed by atoms with Crippen LogP contribution in [0.4, 0.5) is 5.69 Å². The smallest absolute Gasteiger partial charge is 0.237 e. The molecule has 0 aliphatic carbocycles. The predicted octanol–water partition coefficient (Wildman–Crippen LogP) is 1.21. The molecular formula is C11H17NO4S. The van der Waals surface area contributed by atoms with E-state index in [1.54, 1.807) is 24.3 Å². The molecule has 0 spiro atoms. The second-order valence-corrected chi connectivity index (χ2v) is 5.70. The molecule has 1 aromatic rings. The van der Waals surface area contributed by atoms with Gasteiger partial charge in [-0.3, -0.25) is 4.72 Å². The zero-order valence-corrected chi connectivity index (χ0v) is 10.7. The van der Waals surface area contributed by atoms with E-state index in [-0.39, 0.29) is 0 Å². The minimum atomic E-state index is -3.53. The lowest BCUT2D eigenvalue weighted by Gasteiger charge is -2.12. The summed E-state index contributed by atoms with van der Waals surface area (Å²) in [5.74, 6) is 0.686. The standard InChI is InChI=1S/C11H17NO4S/c1-3-16-11-6-4-10(5-7-11)12-17(14,15)9(2)8-13/h4-7,9,12-13H,3,8H2,1-2H3. The minimum Gasteiger partial charge on any atom is -0.494 e. The van der Waals surface area contributed by atoms with E-state index in [1.165, 1.54) is 6.92 Å². The van der Waals surface area contributed by atoms with Gasteiger partial charge in [0.1, 0.15) is 11.0 Å². The molecule has 0 aliphatic heterocycles. The maximum Gasteiger partial charge on any atom is 0.237 e. The molecule has 0 aliphatic rings. The topological polar surface area (TPSA) is 75.6 Å². The van der Waals surface area contributed by atoms with E-state index >= 15 is 0 Å². The summed E-state index contributed by atoms with van der Waals surface area (Å²) in [6.07, 6.45) is 0. The van der Waals surface area contributed by atoms with Crippen molar-refractivity contribution in [2.24, 2.45) is 0 Å². The molecule has 1 aromatic carbocycles. The lowest BCUT2D eigenvalue weighted by Crippen LogP contribution is -2.28. The molecule has 0 aromatic heterocycles. The van der Waals surface area contributed by atoms with E-state index in [9.17, 15) is 8.42 Å². The number of sulfonamides is 1. The normalized spacial score (nSPS) is 13.1. The van der Waals surface area contributed by atoms with Crippen LogP contribution in [0.25, 0.3) is 0 Å². The van der Waals surface area contributed by atoms with Crippen molar-refractivity contribution in [2.45, 2.75) is 19.1 Å². The number of benzene rings is 1. The van der Waals surface area contributed by atoms with Gasteiger partial charge >= 0.3 is 0 Å². The number of aliphatic hydroxyl groups is 1. The Balaban J connectivity index is 2.75. The van der Waals surface area contributed by atoms with Gasteiger partial charge in [0.05, 0.1) is 13.2 Å². The molecular weight excluding hydrogens is 242 g/mol. The monoisotopic (exact) mass is 259 g/mol. The highest BCUT2D eigenvalue weighted by atomic mass is 32.2. The predicted molar refractivity (Wildman–Crippen MR) is 66.7 cm³/mol. The maximum atomic E-state index is 11.6. The molecule has 0 heterocycles. The van der Waals surface area contributed by atoms with E-state index in [0.717, 1.165) is 0 Å². The van der Waals surface area contributed by atoms with Crippen molar-refractivity contribution in [3.05, 3.63) is 24.3 Å². The third-order valence-corrected chi connectivity index (χ3v) is 3.94. The highest BCUT2D eigenvalue weighted by Crippen LogP contribution is 2.17. The van der Waals surface area contributed by atoms with Crippen molar-refractivity contribution in [1.82, 2.24) is 0 Å². The summed E-state index contributed by atoms with van der Waals surface area (Å²) in [4.78, 5) is 0. The van der Waals surface area contributed by atoms with Crippen LogP contribution in [0.2, 0.25) is 0 Å². The first-order valence-electron chi connectivity index (χ1n) is 5.35. The van der Waals surface area contributed by atoms with Gasteiger partial charge in [0.2, 0.25) is 10.0 Å². The van der Waals surface area contributed by atoms with Crippen molar-refractivity contribution in [3.63, 3.8) is 0 Å². The molecule has 0 bridgehead atoms. The molecule has 1 atom stereocenters. The zero-order chi connectivity index (χ0) is 12.9. The number of aliphatic hydroxyl groups excluding tert-OH is 1. The Morgan fingerprint density at radius 2 is 1.94 bits per heavy atom. The first kappa shape index (κ1) is 13.8. The zero-order valence-electron chi connectivity index (χ0n) is 9.88. The van der Waals surface area contributed by atoms with E-state index < -0.39 is 21.9 Å². The fourth-order valence-corrected chi connectivity index (χ4v) is 2.01. The largest absolute Gasteiger partial charge is 0.494 e.